The molecule has 4 aromatic rings. The molecule has 0 saturated carbocycles. The largest absolute Gasteiger partial charge is 0.386 e. The van der Waals surface area contributed by atoms with Crippen molar-refractivity contribution in [2.45, 2.75) is 44.7 Å². The first-order valence-electron chi connectivity index (χ1n) is 10.2. The summed E-state index contributed by atoms with van der Waals surface area (Å²) in [6, 6.07) is 10.3. The molecule has 0 bridgehead atoms. The van der Waals surface area contributed by atoms with E-state index in [2.05, 4.69) is 57.8 Å². The van der Waals surface area contributed by atoms with Gasteiger partial charge in [0.25, 0.3) is 0 Å². The fourth-order valence-corrected chi connectivity index (χ4v) is 4.24. The van der Waals surface area contributed by atoms with Crippen molar-refractivity contribution in [2.24, 2.45) is 0 Å². The maximum atomic E-state index is 10.3. The van der Waals surface area contributed by atoms with Gasteiger partial charge in [0.15, 0.2) is 5.82 Å². The van der Waals surface area contributed by atoms with Crippen molar-refractivity contribution >= 4 is 22.7 Å². The molecule has 1 N–H and O–H groups in total. The van der Waals surface area contributed by atoms with Gasteiger partial charge >= 0.3 is 0 Å². The Bertz CT molecular complexity index is 1180. The number of hydrogen-bond acceptors (Lipinski definition) is 5. The average molecular weight is 419 g/mol. The fraction of sp³-hybridized carbons (Fsp3) is 0.292. The van der Waals surface area contributed by atoms with Crippen LogP contribution in [0.4, 0.5) is 0 Å². The third-order valence-electron chi connectivity index (χ3n) is 5.16. The molecule has 4 rings (SSSR count). The number of hydrogen-bond donors (Lipinski definition) is 1. The number of aromatic nitrogens is 4. The van der Waals surface area contributed by atoms with Crippen molar-refractivity contribution < 1.29 is 5.11 Å². The molecule has 0 unspecified atom stereocenters. The summed E-state index contributed by atoms with van der Waals surface area (Å²) >= 11 is 1.84. The Labute approximate surface area is 181 Å². The van der Waals surface area contributed by atoms with Crippen LogP contribution in [0.25, 0.3) is 33.5 Å². The van der Waals surface area contributed by atoms with E-state index < -0.39 is 5.60 Å². The summed E-state index contributed by atoms with van der Waals surface area (Å²) in [5.41, 5.74) is 3.69. The molecule has 0 saturated heterocycles. The standard InChI is InChI=1S/C24H26N4OS/c1-5-28-15-20(19-12-18(30-6-2)7-8-22(19)28)23-26-13-16(14-27-23)21-11-17(9-10-25-21)24(3,4)29/h7-15,29H,5-6H2,1-4H3. The molecule has 5 nitrogen and oxygen atoms in total. The Kier molecular flexibility index (Phi) is 5.62. The number of fused-ring (bicyclic) bond motifs is 1. The van der Waals surface area contributed by atoms with Crippen molar-refractivity contribution in [1.29, 1.82) is 0 Å². The molecule has 30 heavy (non-hydrogen) atoms. The van der Waals surface area contributed by atoms with Crippen LogP contribution in [-0.4, -0.2) is 30.4 Å². The second-order valence-corrected chi connectivity index (χ2v) is 9.06. The molecule has 0 radical (unpaired) electrons. The summed E-state index contributed by atoms with van der Waals surface area (Å²) in [4.78, 5) is 15.0. The summed E-state index contributed by atoms with van der Waals surface area (Å²) in [5, 5.41) is 11.4. The lowest BCUT2D eigenvalue weighted by Gasteiger charge is -2.18. The van der Waals surface area contributed by atoms with Gasteiger partial charge in [-0.15, -0.1) is 11.8 Å². The third-order valence-corrected chi connectivity index (χ3v) is 6.04. The molecule has 154 valence electrons. The van der Waals surface area contributed by atoms with Gasteiger partial charge in [-0.05, 0) is 62.4 Å². The molecule has 0 aliphatic carbocycles. The van der Waals surface area contributed by atoms with E-state index >= 15 is 0 Å². The Morgan fingerprint density at radius 2 is 1.80 bits per heavy atom. The topological polar surface area (TPSA) is 63.8 Å². The molecule has 1 aromatic carbocycles. The van der Waals surface area contributed by atoms with Crippen molar-refractivity contribution in [1.82, 2.24) is 19.5 Å². The smallest absolute Gasteiger partial charge is 0.161 e. The number of aliphatic hydroxyl groups is 1. The van der Waals surface area contributed by atoms with E-state index in [0.29, 0.717) is 5.82 Å². The van der Waals surface area contributed by atoms with Gasteiger partial charge in [-0.25, -0.2) is 9.97 Å². The highest BCUT2D eigenvalue weighted by Crippen LogP contribution is 2.32. The maximum absolute atomic E-state index is 10.3. The van der Waals surface area contributed by atoms with E-state index in [1.54, 1.807) is 32.4 Å². The first-order chi connectivity index (χ1) is 14.4. The van der Waals surface area contributed by atoms with Crippen LogP contribution in [0.2, 0.25) is 0 Å². The minimum absolute atomic E-state index is 0.702. The van der Waals surface area contributed by atoms with Gasteiger partial charge in [0.05, 0.1) is 11.3 Å². The Hall–Kier alpha value is -2.70. The number of pyridine rings is 1. The predicted molar refractivity (Wildman–Crippen MR) is 124 cm³/mol. The lowest BCUT2D eigenvalue weighted by Crippen LogP contribution is -2.15. The number of nitrogens with zero attached hydrogens (tertiary/aromatic N) is 4. The first-order valence-corrected chi connectivity index (χ1v) is 11.2. The second kappa shape index (κ2) is 8.20. The van der Waals surface area contributed by atoms with Crippen LogP contribution < -0.4 is 0 Å². The fourth-order valence-electron chi connectivity index (χ4n) is 3.54. The van der Waals surface area contributed by atoms with Crippen LogP contribution in [0.5, 0.6) is 0 Å². The molecule has 3 heterocycles. The minimum atomic E-state index is -0.922. The molecule has 3 aromatic heterocycles. The van der Waals surface area contributed by atoms with Crippen LogP contribution in [0, 0.1) is 0 Å². The second-order valence-electron chi connectivity index (χ2n) is 7.72. The SMILES string of the molecule is CCSc1ccc2c(c1)c(-c1ncc(-c3cc(C(C)(C)O)ccn3)cn1)cn2CC. The van der Waals surface area contributed by atoms with Gasteiger partial charge < -0.3 is 9.67 Å². The Morgan fingerprint density at radius 1 is 1.03 bits per heavy atom. The molecular formula is C24H26N4OS. The lowest BCUT2D eigenvalue weighted by molar-refractivity contribution is 0.0785. The highest BCUT2D eigenvalue weighted by Gasteiger charge is 2.17. The summed E-state index contributed by atoms with van der Waals surface area (Å²) in [6.07, 6.45) is 7.45. The summed E-state index contributed by atoms with van der Waals surface area (Å²) in [7, 11) is 0. The van der Waals surface area contributed by atoms with Crippen molar-refractivity contribution in [2.75, 3.05) is 5.75 Å². The third kappa shape index (κ3) is 3.98. The molecular weight excluding hydrogens is 392 g/mol. The molecule has 0 atom stereocenters. The highest BCUT2D eigenvalue weighted by atomic mass is 32.2. The molecule has 0 amide bonds. The first kappa shape index (κ1) is 20.6. The van der Waals surface area contributed by atoms with Crippen molar-refractivity contribution in [3.8, 4) is 22.6 Å². The lowest BCUT2D eigenvalue weighted by atomic mass is 9.98. The zero-order valence-electron chi connectivity index (χ0n) is 17.8. The Balaban J connectivity index is 1.74. The van der Waals surface area contributed by atoms with E-state index in [4.69, 9.17) is 0 Å². The summed E-state index contributed by atoms with van der Waals surface area (Å²) in [5.74, 6) is 1.74. The quantitative estimate of drug-likeness (QED) is 0.418. The molecule has 0 aliphatic rings. The molecule has 6 heteroatoms. The van der Waals surface area contributed by atoms with Crippen LogP contribution in [0.15, 0.2) is 60.0 Å². The minimum Gasteiger partial charge on any atom is -0.386 e. The van der Waals surface area contributed by atoms with E-state index in [0.717, 1.165) is 34.7 Å². The van der Waals surface area contributed by atoms with Gasteiger partial charge in [-0.2, -0.15) is 0 Å². The average Bonchev–Trinajstić information content (AvgIpc) is 3.12. The van der Waals surface area contributed by atoms with Gasteiger partial charge in [-0.1, -0.05) is 6.92 Å². The highest BCUT2D eigenvalue weighted by molar-refractivity contribution is 7.99. The molecule has 0 spiro atoms. The van der Waals surface area contributed by atoms with Gasteiger partial charge in [0.2, 0.25) is 0 Å². The number of rotatable bonds is 6. The van der Waals surface area contributed by atoms with Crippen LogP contribution in [0.3, 0.4) is 0 Å². The van der Waals surface area contributed by atoms with Crippen molar-refractivity contribution in [3.63, 3.8) is 0 Å². The van der Waals surface area contributed by atoms with Crippen LogP contribution in [0.1, 0.15) is 33.3 Å². The summed E-state index contributed by atoms with van der Waals surface area (Å²) in [6.45, 7) is 8.72. The van der Waals surface area contributed by atoms with Gasteiger partial charge in [-0.3, -0.25) is 4.98 Å². The number of thioether (sulfide) groups is 1. The monoisotopic (exact) mass is 418 g/mol. The van der Waals surface area contributed by atoms with E-state index in [1.165, 1.54) is 15.8 Å². The molecule has 0 aliphatic heterocycles. The molecule has 0 fully saturated rings. The zero-order chi connectivity index (χ0) is 21.3. The van der Waals surface area contributed by atoms with Crippen molar-refractivity contribution in [3.05, 3.63) is 60.7 Å². The van der Waals surface area contributed by atoms with Crippen LogP contribution in [-0.2, 0) is 12.1 Å². The van der Waals surface area contributed by atoms with E-state index in [-0.39, 0.29) is 0 Å². The predicted octanol–water partition coefficient (Wildman–Crippen LogP) is 5.52. The summed E-state index contributed by atoms with van der Waals surface area (Å²) < 4.78 is 2.23. The van der Waals surface area contributed by atoms with Gasteiger partial charge in [0.1, 0.15) is 0 Å². The van der Waals surface area contributed by atoms with E-state index in [9.17, 15) is 5.11 Å². The van der Waals surface area contributed by atoms with Crippen LogP contribution >= 0.6 is 11.8 Å². The maximum Gasteiger partial charge on any atom is 0.161 e. The van der Waals surface area contributed by atoms with E-state index in [1.807, 2.05) is 23.9 Å². The zero-order valence-corrected chi connectivity index (χ0v) is 18.6. The Morgan fingerprint density at radius 3 is 2.47 bits per heavy atom. The normalized spacial score (nSPS) is 11.9. The van der Waals surface area contributed by atoms with Gasteiger partial charge in [0, 0.05) is 58.3 Å². The number of benzene rings is 1. The number of aryl methyl sites for hydroxylation is 1.